The molecule has 1 unspecified atom stereocenters. The molecule has 0 saturated carbocycles. The third-order valence-corrected chi connectivity index (χ3v) is 6.76. The Bertz CT molecular complexity index is 847. The lowest BCUT2D eigenvalue weighted by Crippen LogP contribution is -2.31. The first-order valence-corrected chi connectivity index (χ1v) is 10.8. The van der Waals surface area contributed by atoms with Crippen LogP contribution in [0.15, 0.2) is 59.5 Å². The summed E-state index contributed by atoms with van der Waals surface area (Å²) in [6.45, 7) is 6.97. The lowest BCUT2D eigenvalue weighted by molar-refractivity contribution is 0.0950. The monoisotopic (exact) mass is 388 g/mol. The van der Waals surface area contributed by atoms with Gasteiger partial charge in [0.15, 0.2) is 0 Å². The minimum atomic E-state index is -3.58. The zero-order valence-corrected chi connectivity index (χ0v) is 17.0. The SMILES string of the molecule is CCC(CNC(=O)c1cccc(S(=O)(=O)N(CC)CC)c1)c1ccccc1. The van der Waals surface area contributed by atoms with Crippen molar-refractivity contribution in [3.05, 3.63) is 65.7 Å². The maximum absolute atomic E-state index is 12.7. The average Bonchev–Trinajstić information content (AvgIpc) is 2.70. The summed E-state index contributed by atoms with van der Waals surface area (Å²) in [7, 11) is -3.58. The highest BCUT2D eigenvalue weighted by Gasteiger charge is 2.22. The van der Waals surface area contributed by atoms with Gasteiger partial charge in [0.25, 0.3) is 5.91 Å². The molecule has 0 saturated heterocycles. The standard InChI is InChI=1S/C21H28N2O3S/c1-4-17(18-11-8-7-9-12-18)16-22-21(24)19-13-10-14-20(15-19)27(25,26)23(5-2)6-3/h7-15,17H,4-6,16H2,1-3H3,(H,22,24). The Morgan fingerprint density at radius 1 is 1.00 bits per heavy atom. The quantitative estimate of drug-likeness (QED) is 0.713. The Kier molecular flexibility index (Phi) is 7.56. The molecule has 0 aromatic heterocycles. The Morgan fingerprint density at radius 3 is 2.26 bits per heavy atom. The second kappa shape index (κ2) is 9.67. The van der Waals surface area contributed by atoms with E-state index in [0.29, 0.717) is 25.2 Å². The Balaban J connectivity index is 2.13. The third kappa shape index (κ3) is 5.17. The minimum Gasteiger partial charge on any atom is -0.351 e. The minimum absolute atomic E-state index is 0.147. The van der Waals surface area contributed by atoms with E-state index in [0.717, 1.165) is 6.42 Å². The van der Waals surface area contributed by atoms with Crippen LogP contribution in [-0.4, -0.2) is 38.3 Å². The molecule has 0 heterocycles. The first-order valence-electron chi connectivity index (χ1n) is 9.37. The number of benzene rings is 2. The molecule has 1 N–H and O–H groups in total. The molecule has 0 aliphatic rings. The molecule has 0 aliphatic heterocycles. The Morgan fingerprint density at radius 2 is 1.67 bits per heavy atom. The largest absolute Gasteiger partial charge is 0.351 e. The van der Waals surface area contributed by atoms with Crippen molar-refractivity contribution in [2.24, 2.45) is 0 Å². The van der Waals surface area contributed by atoms with Crippen molar-refractivity contribution in [1.82, 2.24) is 9.62 Å². The predicted octanol–water partition coefficient (Wildman–Crippen LogP) is 3.64. The normalized spacial score (nSPS) is 12.7. The maximum Gasteiger partial charge on any atom is 0.251 e. The number of rotatable bonds is 9. The van der Waals surface area contributed by atoms with Crippen LogP contribution in [0.25, 0.3) is 0 Å². The van der Waals surface area contributed by atoms with Crippen LogP contribution in [0.3, 0.4) is 0 Å². The number of sulfonamides is 1. The number of amides is 1. The summed E-state index contributed by atoms with van der Waals surface area (Å²) in [5.74, 6) is -0.0429. The van der Waals surface area contributed by atoms with Crippen molar-refractivity contribution >= 4 is 15.9 Å². The number of nitrogens with zero attached hydrogens (tertiary/aromatic N) is 1. The van der Waals surface area contributed by atoms with Crippen molar-refractivity contribution in [3.8, 4) is 0 Å². The summed E-state index contributed by atoms with van der Waals surface area (Å²) >= 11 is 0. The summed E-state index contributed by atoms with van der Waals surface area (Å²) in [4.78, 5) is 12.7. The summed E-state index contributed by atoms with van der Waals surface area (Å²) in [6.07, 6.45) is 0.903. The van der Waals surface area contributed by atoms with Gasteiger partial charge in [-0.25, -0.2) is 8.42 Å². The van der Waals surface area contributed by atoms with Gasteiger partial charge >= 0.3 is 0 Å². The first kappa shape index (κ1) is 21.1. The van der Waals surface area contributed by atoms with Gasteiger partial charge in [0, 0.05) is 31.1 Å². The Hall–Kier alpha value is -2.18. The molecule has 0 radical (unpaired) electrons. The molecular formula is C21H28N2O3S. The molecule has 2 rings (SSSR count). The van der Waals surface area contributed by atoms with Gasteiger partial charge in [-0.05, 0) is 30.2 Å². The molecule has 1 atom stereocenters. The van der Waals surface area contributed by atoms with Gasteiger partial charge in [-0.3, -0.25) is 4.79 Å². The van der Waals surface area contributed by atoms with Crippen LogP contribution in [0.4, 0.5) is 0 Å². The van der Waals surface area contributed by atoms with Crippen molar-refractivity contribution in [2.75, 3.05) is 19.6 Å². The average molecular weight is 389 g/mol. The number of nitrogens with one attached hydrogen (secondary N) is 1. The van der Waals surface area contributed by atoms with Gasteiger partial charge in [-0.15, -0.1) is 0 Å². The van der Waals surface area contributed by atoms with Gasteiger partial charge in [-0.1, -0.05) is 57.2 Å². The van der Waals surface area contributed by atoms with Crippen LogP contribution >= 0.6 is 0 Å². The number of hydrogen-bond donors (Lipinski definition) is 1. The maximum atomic E-state index is 12.7. The Labute approximate surface area is 162 Å². The van der Waals surface area contributed by atoms with Crippen LogP contribution in [0, 0.1) is 0 Å². The van der Waals surface area contributed by atoms with Gasteiger partial charge in [0.05, 0.1) is 4.90 Å². The van der Waals surface area contributed by atoms with Crippen LogP contribution in [0.2, 0.25) is 0 Å². The summed E-state index contributed by atoms with van der Waals surface area (Å²) in [5, 5.41) is 2.94. The van der Waals surface area contributed by atoms with E-state index in [1.165, 1.54) is 22.0 Å². The second-order valence-corrected chi connectivity index (χ2v) is 8.28. The number of carbonyl (C=O) groups is 1. The van der Waals surface area contributed by atoms with E-state index in [9.17, 15) is 13.2 Å². The number of carbonyl (C=O) groups excluding carboxylic acids is 1. The fraction of sp³-hybridized carbons (Fsp3) is 0.381. The van der Waals surface area contributed by atoms with E-state index in [1.807, 2.05) is 18.2 Å². The van der Waals surface area contributed by atoms with Crippen molar-refractivity contribution in [2.45, 2.75) is 38.0 Å². The van der Waals surface area contributed by atoms with Gasteiger partial charge in [0.1, 0.15) is 0 Å². The number of hydrogen-bond acceptors (Lipinski definition) is 3. The third-order valence-electron chi connectivity index (χ3n) is 4.71. The molecule has 0 bridgehead atoms. The highest BCUT2D eigenvalue weighted by atomic mass is 32.2. The summed E-state index contributed by atoms with van der Waals surface area (Å²) in [6, 6.07) is 16.3. The van der Waals surface area contributed by atoms with E-state index in [1.54, 1.807) is 26.0 Å². The van der Waals surface area contributed by atoms with Crippen LogP contribution < -0.4 is 5.32 Å². The van der Waals surface area contributed by atoms with E-state index >= 15 is 0 Å². The molecule has 2 aromatic rings. The smallest absolute Gasteiger partial charge is 0.251 e. The molecule has 6 heteroatoms. The summed E-state index contributed by atoms with van der Waals surface area (Å²) in [5.41, 5.74) is 1.53. The fourth-order valence-electron chi connectivity index (χ4n) is 3.05. The lowest BCUT2D eigenvalue weighted by atomic mass is 9.96. The van der Waals surface area contributed by atoms with Crippen LogP contribution in [0.1, 0.15) is 49.0 Å². The van der Waals surface area contributed by atoms with E-state index in [4.69, 9.17) is 0 Å². The molecule has 0 spiro atoms. The van der Waals surface area contributed by atoms with Crippen LogP contribution in [0.5, 0.6) is 0 Å². The highest BCUT2D eigenvalue weighted by Crippen LogP contribution is 2.19. The van der Waals surface area contributed by atoms with Gasteiger partial charge in [-0.2, -0.15) is 4.31 Å². The van der Waals surface area contributed by atoms with Crippen molar-refractivity contribution in [3.63, 3.8) is 0 Å². The lowest BCUT2D eigenvalue weighted by Gasteiger charge is -2.19. The van der Waals surface area contributed by atoms with Crippen molar-refractivity contribution < 1.29 is 13.2 Å². The molecule has 0 fully saturated rings. The highest BCUT2D eigenvalue weighted by molar-refractivity contribution is 7.89. The topological polar surface area (TPSA) is 66.5 Å². The van der Waals surface area contributed by atoms with E-state index in [-0.39, 0.29) is 16.7 Å². The molecular weight excluding hydrogens is 360 g/mol. The summed E-state index contributed by atoms with van der Waals surface area (Å²) < 4.78 is 26.7. The first-order chi connectivity index (χ1) is 12.9. The van der Waals surface area contributed by atoms with Gasteiger partial charge < -0.3 is 5.32 Å². The zero-order chi connectivity index (χ0) is 19.9. The van der Waals surface area contributed by atoms with Crippen molar-refractivity contribution in [1.29, 1.82) is 0 Å². The predicted molar refractivity (Wildman–Crippen MR) is 108 cm³/mol. The van der Waals surface area contributed by atoms with Crippen LogP contribution in [-0.2, 0) is 10.0 Å². The molecule has 2 aromatic carbocycles. The van der Waals surface area contributed by atoms with E-state index < -0.39 is 10.0 Å². The fourth-order valence-corrected chi connectivity index (χ4v) is 4.56. The molecule has 5 nitrogen and oxygen atoms in total. The zero-order valence-electron chi connectivity index (χ0n) is 16.2. The molecule has 0 aliphatic carbocycles. The molecule has 27 heavy (non-hydrogen) atoms. The van der Waals surface area contributed by atoms with Gasteiger partial charge in [0.2, 0.25) is 10.0 Å². The molecule has 1 amide bonds. The van der Waals surface area contributed by atoms with E-state index in [2.05, 4.69) is 24.4 Å². The second-order valence-electron chi connectivity index (χ2n) is 6.34. The molecule has 146 valence electrons.